The molecule has 3 aliphatic heterocycles. The maximum Gasteiger partial charge on any atom is 0.0736 e. The lowest BCUT2D eigenvalue weighted by Crippen LogP contribution is -2.72. The summed E-state index contributed by atoms with van der Waals surface area (Å²) in [7, 11) is 0. The molecule has 0 aromatic heterocycles. The molecule has 3 saturated carbocycles. The number of piperidine rings is 1. The van der Waals surface area contributed by atoms with Gasteiger partial charge in [-0.15, -0.1) is 0 Å². The Kier molecular flexibility index (Phi) is 6.24. The summed E-state index contributed by atoms with van der Waals surface area (Å²) in [5.41, 5.74) is 13.2. The number of fused-ring (bicyclic) bond motifs is 3. The Balaban J connectivity index is 1.39. The Bertz CT molecular complexity index is 670. The first kappa shape index (κ1) is 23.5. The molecule has 6 N–H and O–H groups in total. The predicted molar refractivity (Wildman–Crippen MR) is 129 cm³/mol. The van der Waals surface area contributed by atoms with Crippen molar-refractivity contribution in [2.24, 2.45) is 40.6 Å². The van der Waals surface area contributed by atoms with Crippen LogP contribution < -0.4 is 16.8 Å². The number of aliphatic hydroxyl groups is 1. The predicted octanol–water partition coefficient (Wildman–Crippen LogP) is 4.07. The fraction of sp³-hybridized carbons (Fsp3) is 1.00. The second-order valence-corrected chi connectivity index (χ2v) is 13.4. The number of aliphatic hydroxyl groups excluding tert-OH is 1. The summed E-state index contributed by atoms with van der Waals surface area (Å²) in [6.07, 6.45) is 17.6. The molecule has 6 fully saturated rings. The highest BCUT2D eigenvalue weighted by molar-refractivity contribution is 5.16. The fourth-order valence-corrected chi connectivity index (χ4v) is 9.58. The Labute approximate surface area is 195 Å². The molecule has 6 rings (SSSR count). The number of ether oxygens (including phenoxy) is 1. The van der Waals surface area contributed by atoms with E-state index in [1.54, 1.807) is 0 Å². The highest BCUT2D eigenvalue weighted by Gasteiger charge is 2.64. The second-order valence-electron chi connectivity index (χ2n) is 13.4. The molecule has 3 saturated heterocycles. The molecule has 5 heteroatoms. The lowest BCUT2D eigenvalue weighted by Gasteiger charge is -2.66. The standard InChI is InChI=1S/C27H49N3O2/c1-24(2)22-7-10-27(32-24,18-26(22,29)11-12-31)21-14-20(13-19-5-6-23(28)30-17-19)15-25(16-21)8-3-4-9-25/h19-23,30-31H,3-18,28-29H2,1-2H3/t19?,20-,21+,22-,23?,26+,27+/m1/s1. The number of rotatable bonds is 5. The van der Waals surface area contributed by atoms with E-state index in [-0.39, 0.29) is 29.5 Å². The van der Waals surface area contributed by atoms with Gasteiger partial charge in [-0.05, 0) is 121 Å². The smallest absolute Gasteiger partial charge is 0.0736 e. The normalized spacial score (nSPS) is 47.7. The first-order valence-corrected chi connectivity index (χ1v) is 13.8. The Morgan fingerprint density at radius 1 is 1.03 bits per heavy atom. The van der Waals surface area contributed by atoms with Crippen LogP contribution in [0.1, 0.15) is 104 Å². The Hall–Kier alpha value is -0.200. The maximum absolute atomic E-state index is 9.85. The minimum absolute atomic E-state index is 0.0937. The van der Waals surface area contributed by atoms with E-state index < -0.39 is 0 Å². The van der Waals surface area contributed by atoms with Crippen molar-refractivity contribution in [1.29, 1.82) is 0 Å². The van der Waals surface area contributed by atoms with Crippen LogP contribution in [-0.2, 0) is 4.74 Å². The van der Waals surface area contributed by atoms with E-state index >= 15 is 0 Å². The quantitative estimate of drug-likeness (QED) is 0.510. The van der Waals surface area contributed by atoms with Gasteiger partial charge in [0, 0.05) is 18.1 Å². The van der Waals surface area contributed by atoms with Gasteiger partial charge in [-0.1, -0.05) is 12.8 Å². The van der Waals surface area contributed by atoms with Crippen molar-refractivity contribution in [3.05, 3.63) is 0 Å². The number of nitrogens with two attached hydrogens (primary N) is 2. The molecule has 184 valence electrons. The van der Waals surface area contributed by atoms with E-state index in [0.29, 0.717) is 23.7 Å². The van der Waals surface area contributed by atoms with Crippen LogP contribution in [0.5, 0.6) is 0 Å². The first-order valence-electron chi connectivity index (χ1n) is 13.8. The molecule has 32 heavy (non-hydrogen) atoms. The van der Waals surface area contributed by atoms with Gasteiger partial charge in [0.2, 0.25) is 0 Å². The molecule has 0 amide bonds. The number of hydrogen-bond acceptors (Lipinski definition) is 5. The van der Waals surface area contributed by atoms with Crippen molar-refractivity contribution in [2.45, 2.75) is 127 Å². The summed E-state index contributed by atoms with van der Waals surface area (Å²) in [5.74, 6) is 2.54. The minimum Gasteiger partial charge on any atom is -0.396 e. The zero-order valence-electron chi connectivity index (χ0n) is 20.7. The van der Waals surface area contributed by atoms with Crippen LogP contribution in [0.25, 0.3) is 0 Å². The van der Waals surface area contributed by atoms with Crippen LogP contribution in [-0.4, -0.2) is 41.2 Å². The van der Waals surface area contributed by atoms with Crippen LogP contribution in [0.4, 0.5) is 0 Å². The zero-order chi connectivity index (χ0) is 22.6. The number of hydrogen-bond donors (Lipinski definition) is 4. The van der Waals surface area contributed by atoms with Gasteiger partial charge < -0.3 is 26.6 Å². The van der Waals surface area contributed by atoms with Crippen LogP contribution in [0.2, 0.25) is 0 Å². The third-order valence-electron chi connectivity index (χ3n) is 10.7. The molecule has 3 aliphatic carbocycles. The van der Waals surface area contributed by atoms with Crippen molar-refractivity contribution in [1.82, 2.24) is 5.32 Å². The average Bonchev–Trinajstić information content (AvgIpc) is 3.15. The monoisotopic (exact) mass is 447 g/mol. The summed E-state index contributed by atoms with van der Waals surface area (Å²) >= 11 is 0. The van der Waals surface area contributed by atoms with Crippen LogP contribution in [0, 0.1) is 29.1 Å². The van der Waals surface area contributed by atoms with Gasteiger partial charge in [0.15, 0.2) is 0 Å². The third kappa shape index (κ3) is 4.19. The van der Waals surface area contributed by atoms with Crippen molar-refractivity contribution in [2.75, 3.05) is 13.2 Å². The minimum atomic E-state index is -0.284. The van der Waals surface area contributed by atoms with E-state index in [2.05, 4.69) is 19.2 Å². The Morgan fingerprint density at radius 2 is 1.81 bits per heavy atom. The summed E-state index contributed by atoms with van der Waals surface area (Å²) in [6, 6.07) is 0. The topological polar surface area (TPSA) is 93.5 Å². The zero-order valence-corrected chi connectivity index (χ0v) is 20.7. The number of nitrogens with one attached hydrogen (secondary N) is 1. The maximum atomic E-state index is 9.85. The third-order valence-corrected chi connectivity index (χ3v) is 10.7. The Morgan fingerprint density at radius 3 is 2.47 bits per heavy atom. The van der Waals surface area contributed by atoms with Crippen LogP contribution >= 0.6 is 0 Å². The van der Waals surface area contributed by atoms with Crippen molar-refractivity contribution < 1.29 is 9.84 Å². The van der Waals surface area contributed by atoms with Gasteiger partial charge in [-0.3, -0.25) is 0 Å². The molecule has 6 aliphatic rings. The molecule has 3 heterocycles. The highest BCUT2D eigenvalue weighted by atomic mass is 16.5. The largest absolute Gasteiger partial charge is 0.396 e. The molecule has 2 unspecified atom stereocenters. The molecule has 0 radical (unpaired) electrons. The average molecular weight is 448 g/mol. The van der Waals surface area contributed by atoms with Crippen molar-refractivity contribution in [3.63, 3.8) is 0 Å². The fourth-order valence-electron chi connectivity index (χ4n) is 9.58. The van der Waals surface area contributed by atoms with Gasteiger partial charge in [-0.25, -0.2) is 0 Å². The lowest BCUT2D eigenvalue weighted by atomic mass is 9.51. The SMILES string of the molecule is CC1(C)O[C@@]2([C@H]3C[C@@H](CC4CCC(N)NC4)CC4(CCCC4)C3)CC[C@H]1[C@](N)(CCO)C2. The van der Waals surface area contributed by atoms with Gasteiger partial charge in [-0.2, -0.15) is 0 Å². The van der Waals surface area contributed by atoms with Crippen LogP contribution in [0.15, 0.2) is 0 Å². The van der Waals surface area contributed by atoms with Crippen molar-refractivity contribution in [3.8, 4) is 0 Å². The molecule has 1 spiro atoms. The second kappa shape index (κ2) is 8.48. The molecule has 0 aromatic carbocycles. The molecule has 5 nitrogen and oxygen atoms in total. The van der Waals surface area contributed by atoms with Gasteiger partial charge in [0.05, 0.1) is 17.4 Å². The molecular weight excluding hydrogens is 398 g/mol. The summed E-state index contributed by atoms with van der Waals surface area (Å²) in [6.45, 7) is 5.82. The summed E-state index contributed by atoms with van der Waals surface area (Å²) < 4.78 is 7.11. The molecular formula is C27H49N3O2. The first-order chi connectivity index (χ1) is 15.2. The van der Waals surface area contributed by atoms with E-state index in [4.69, 9.17) is 16.2 Å². The summed E-state index contributed by atoms with van der Waals surface area (Å²) in [4.78, 5) is 0. The molecule has 7 atom stereocenters. The molecule has 2 bridgehead atoms. The van der Waals surface area contributed by atoms with Crippen LogP contribution in [0.3, 0.4) is 0 Å². The molecule has 0 aromatic rings. The highest BCUT2D eigenvalue weighted by Crippen LogP contribution is 2.63. The van der Waals surface area contributed by atoms with E-state index in [9.17, 15) is 5.11 Å². The van der Waals surface area contributed by atoms with Gasteiger partial charge >= 0.3 is 0 Å². The van der Waals surface area contributed by atoms with Crippen molar-refractivity contribution >= 4 is 0 Å². The summed E-state index contributed by atoms with van der Waals surface area (Å²) in [5, 5.41) is 13.4. The lowest BCUT2D eigenvalue weighted by molar-refractivity contribution is -0.291. The van der Waals surface area contributed by atoms with E-state index in [1.165, 1.54) is 64.2 Å². The van der Waals surface area contributed by atoms with Gasteiger partial charge in [0.1, 0.15) is 0 Å². The van der Waals surface area contributed by atoms with E-state index in [1.807, 2.05) is 0 Å². The van der Waals surface area contributed by atoms with Gasteiger partial charge in [0.25, 0.3) is 0 Å². The van der Waals surface area contributed by atoms with E-state index in [0.717, 1.165) is 37.6 Å².